The molecule has 1 aromatic carbocycles. The SMILES string of the molecule is CCNC(c1ccc(OC)cc1F)C(C)C(C)C. The summed E-state index contributed by atoms with van der Waals surface area (Å²) >= 11 is 0. The molecular formula is C15H24FNO. The van der Waals surface area contributed by atoms with Crippen molar-refractivity contribution in [2.24, 2.45) is 11.8 Å². The van der Waals surface area contributed by atoms with E-state index in [1.807, 2.05) is 19.1 Å². The van der Waals surface area contributed by atoms with Crippen LogP contribution in [0, 0.1) is 17.7 Å². The van der Waals surface area contributed by atoms with E-state index in [1.54, 1.807) is 7.11 Å². The Morgan fingerprint density at radius 2 is 1.94 bits per heavy atom. The molecule has 0 heterocycles. The minimum Gasteiger partial charge on any atom is -0.497 e. The first-order valence-corrected chi connectivity index (χ1v) is 6.58. The van der Waals surface area contributed by atoms with Crippen molar-refractivity contribution >= 4 is 0 Å². The van der Waals surface area contributed by atoms with E-state index in [0.29, 0.717) is 17.6 Å². The normalized spacial score (nSPS) is 14.6. The summed E-state index contributed by atoms with van der Waals surface area (Å²) in [4.78, 5) is 0. The second-order valence-corrected chi connectivity index (χ2v) is 5.03. The molecule has 2 unspecified atom stereocenters. The number of benzene rings is 1. The highest BCUT2D eigenvalue weighted by Crippen LogP contribution is 2.30. The summed E-state index contributed by atoms with van der Waals surface area (Å²) in [7, 11) is 1.55. The first-order valence-electron chi connectivity index (χ1n) is 6.58. The van der Waals surface area contributed by atoms with Gasteiger partial charge in [0, 0.05) is 17.7 Å². The van der Waals surface area contributed by atoms with E-state index >= 15 is 0 Å². The smallest absolute Gasteiger partial charge is 0.131 e. The number of rotatable bonds is 6. The predicted molar refractivity (Wildman–Crippen MR) is 73.4 cm³/mol. The quantitative estimate of drug-likeness (QED) is 0.833. The maximum absolute atomic E-state index is 14.1. The molecule has 0 spiro atoms. The highest BCUT2D eigenvalue weighted by Gasteiger charge is 2.23. The standard InChI is InChI=1S/C15H24FNO/c1-6-17-15(11(4)10(2)3)13-8-7-12(18-5)9-14(13)16/h7-11,15,17H,6H2,1-5H3. The molecule has 0 aromatic heterocycles. The molecule has 0 bridgehead atoms. The molecule has 0 aliphatic rings. The minimum atomic E-state index is -0.201. The van der Waals surface area contributed by atoms with Crippen LogP contribution in [0.25, 0.3) is 0 Å². The summed E-state index contributed by atoms with van der Waals surface area (Å²) < 4.78 is 19.2. The Morgan fingerprint density at radius 3 is 2.39 bits per heavy atom. The lowest BCUT2D eigenvalue weighted by Gasteiger charge is -2.28. The van der Waals surface area contributed by atoms with Crippen molar-refractivity contribution in [3.05, 3.63) is 29.6 Å². The van der Waals surface area contributed by atoms with Crippen LogP contribution in [0.2, 0.25) is 0 Å². The molecule has 0 saturated carbocycles. The Hall–Kier alpha value is -1.09. The Kier molecular flexibility index (Phi) is 5.60. The largest absolute Gasteiger partial charge is 0.497 e. The molecule has 0 aliphatic carbocycles. The molecule has 1 aromatic rings. The van der Waals surface area contributed by atoms with E-state index in [2.05, 4.69) is 26.1 Å². The third kappa shape index (κ3) is 3.45. The van der Waals surface area contributed by atoms with E-state index in [1.165, 1.54) is 6.07 Å². The lowest BCUT2D eigenvalue weighted by Crippen LogP contribution is -2.30. The van der Waals surface area contributed by atoms with Crippen LogP contribution in [0.5, 0.6) is 5.75 Å². The van der Waals surface area contributed by atoms with Crippen molar-refractivity contribution in [2.45, 2.75) is 33.7 Å². The van der Waals surface area contributed by atoms with Gasteiger partial charge in [0.2, 0.25) is 0 Å². The highest BCUT2D eigenvalue weighted by molar-refractivity contribution is 5.31. The van der Waals surface area contributed by atoms with Crippen molar-refractivity contribution in [3.63, 3.8) is 0 Å². The van der Waals surface area contributed by atoms with Crippen LogP contribution in [0.1, 0.15) is 39.3 Å². The third-order valence-electron chi connectivity index (χ3n) is 3.54. The van der Waals surface area contributed by atoms with Gasteiger partial charge in [-0.2, -0.15) is 0 Å². The van der Waals surface area contributed by atoms with Crippen LogP contribution in [0.3, 0.4) is 0 Å². The van der Waals surface area contributed by atoms with Gasteiger partial charge in [-0.15, -0.1) is 0 Å². The van der Waals surface area contributed by atoms with Crippen LogP contribution in [0.4, 0.5) is 4.39 Å². The number of hydrogen-bond acceptors (Lipinski definition) is 2. The number of methoxy groups -OCH3 is 1. The van der Waals surface area contributed by atoms with Gasteiger partial charge in [0.25, 0.3) is 0 Å². The summed E-state index contributed by atoms with van der Waals surface area (Å²) in [5, 5.41) is 3.38. The van der Waals surface area contributed by atoms with Crippen LogP contribution in [0.15, 0.2) is 18.2 Å². The van der Waals surface area contributed by atoms with Crippen molar-refractivity contribution in [1.29, 1.82) is 0 Å². The molecule has 2 atom stereocenters. The molecule has 0 saturated heterocycles. The topological polar surface area (TPSA) is 21.3 Å². The number of nitrogens with one attached hydrogen (secondary N) is 1. The van der Waals surface area contributed by atoms with E-state index < -0.39 is 0 Å². The highest BCUT2D eigenvalue weighted by atomic mass is 19.1. The molecule has 102 valence electrons. The number of hydrogen-bond donors (Lipinski definition) is 1. The van der Waals surface area contributed by atoms with Crippen molar-refractivity contribution < 1.29 is 9.13 Å². The van der Waals surface area contributed by atoms with Crippen molar-refractivity contribution in [1.82, 2.24) is 5.32 Å². The average Bonchev–Trinajstić information content (AvgIpc) is 2.35. The zero-order chi connectivity index (χ0) is 13.7. The molecule has 18 heavy (non-hydrogen) atoms. The van der Waals surface area contributed by atoms with E-state index in [4.69, 9.17) is 4.74 Å². The molecule has 1 N–H and O–H groups in total. The van der Waals surface area contributed by atoms with Gasteiger partial charge in [-0.25, -0.2) is 4.39 Å². The fraction of sp³-hybridized carbons (Fsp3) is 0.600. The number of ether oxygens (including phenoxy) is 1. The van der Waals surface area contributed by atoms with Gasteiger partial charge in [-0.3, -0.25) is 0 Å². The van der Waals surface area contributed by atoms with Gasteiger partial charge in [0.1, 0.15) is 11.6 Å². The number of halogens is 1. The molecule has 1 rings (SSSR count). The molecular weight excluding hydrogens is 229 g/mol. The molecule has 3 heteroatoms. The predicted octanol–water partition coefficient (Wildman–Crippen LogP) is 3.78. The zero-order valence-electron chi connectivity index (χ0n) is 12.0. The Bertz CT molecular complexity index is 379. The third-order valence-corrected chi connectivity index (χ3v) is 3.54. The van der Waals surface area contributed by atoms with Gasteiger partial charge in [-0.05, 0) is 24.4 Å². The summed E-state index contributed by atoms with van der Waals surface area (Å²) in [6.45, 7) is 9.35. The lowest BCUT2D eigenvalue weighted by molar-refractivity contribution is 0.300. The summed E-state index contributed by atoms with van der Waals surface area (Å²) in [6.07, 6.45) is 0. The monoisotopic (exact) mass is 253 g/mol. The maximum atomic E-state index is 14.1. The molecule has 0 radical (unpaired) electrons. The summed E-state index contributed by atoms with van der Waals surface area (Å²) in [5.41, 5.74) is 0.721. The van der Waals surface area contributed by atoms with Gasteiger partial charge < -0.3 is 10.1 Å². The molecule has 0 aliphatic heterocycles. The van der Waals surface area contributed by atoms with Gasteiger partial charge in [-0.1, -0.05) is 33.8 Å². The second-order valence-electron chi connectivity index (χ2n) is 5.03. The van der Waals surface area contributed by atoms with E-state index in [-0.39, 0.29) is 11.9 Å². The first kappa shape index (κ1) is 15.0. The summed E-state index contributed by atoms with van der Waals surface area (Å²) in [5.74, 6) is 1.22. The van der Waals surface area contributed by atoms with Crippen LogP contribution < -0.4 is 10.1 Å². The average molecular weight is 253 g/mol. The Labute approximate surface area is 110 Å². The first-order chi connectivity index (χ1) is 8.51. The van der Waals surface area contributed by atoms with Gasteiger partial charge in [0.15, 0.2) is 0 Å². The fourth-order valence-electron chi connectivity index (χ4n) is 2.07. The Balaban J connectivity index is 3.05. The van der Waals surface area contributed by atoms with Gasteiger partial charge >= 0.3 is 0 Å². The zero-order valence-corrected chi connectivity index (χ0v) is 12.0. The van der Waals surface area contributed by atoms with Crippen molar-refractivity contribution in [2.75, 3.05) is 13.7 Å². The molecule has 0 fully saturated rings. The molecule has 0 amide bonds. The van der Waals surface area contributed by atoms with Crippen molar-refractivity contribution in [3.8, 4) is 5.75 Å². The Morgan fingerprint density at radius 1 is 1.28 bits per heavy atom. The fourth-order valence-corrected chi connectivity index (χ4v) is 2.07. The van der Waals surface area contributed by atoms with Crippen LogP contribution >= 0.6 is 0 Å². The van der Waals surface area contributed by atoms with Crippen LogP contribution in [-0.2, 0) is 0 Å². The molecule has 2 nitrogen and oxygen atoms in total. The second kappa shape index (κ2) is 6.74. The minimum absolute atomic E-state index is 0.0425. The van der Waals surface area contributed by atoms with E-state index in [9.17, 15) is 4.39 Å². The van der Waals surface area contributed by atoms with Crippen LogP contribution in [-0.4, -0.2) is 13.7 Å². The lowest BCUT2D eigenvalue weighted by atomic mass is 9.86. The maximum Gasteiger partial charge on any atom is 0.131 e. The van der Waals surface area contributed by atoms with Gasteiger partial charge in [0.05, 0.1) is 7.11 Å². The van der Waals surface area contributed by atoms with E-state index in [0.717, 1.165) is 12.1 Å². The summed E-state index contributed by atoms with van der Waals surface area (Å²) in [6, 6.07) is 5.13.